The van der Waals surface area contributed by atoms with E-state index < -0.39 is 11.8 Å². The number of hydrogen-bond donors (Lipinski definition) is 3. The summed E-state index contributed by atoms with van der Waals surface area (Å²) in [5.74, 6) is -1.07. The second-order valence-corrected chi connectivity index (χ2v) is 6.53. The third-order valence-corrected chi connectivity index (χ3v) is 4.70. The number of H-pyrrole nitrogens is 1. The van der Waals surface area contributed by atoms with Crippen LogP contribution in [0.2, 0.25) is 5.02 Å². The van der Waals surface area contributed by atoms with Gasteiger partial charge in [-0.05, 0) is 36.6 Å². The molecular formula is C20H20ClN3O3. The lowest BCUT2D eigenvalue weighted by molar-refractivity contribution is -0.136. The van der Waals surface area contributed by atoms with Crippen molar-refractivity contribution in [2.45, 2.75) is 13.3 Å². The molecule has 0 fully saturated rings. The highest BCUT2D eigenvalue weighted by Gasteiger charge is 2.16. The largest absolute Gasteiger partial charge is 0.495 e. The number of nitrogens with one attached hydrogen (secondary N) is 3. The van der Waals surface area contributed by atoms with Crippen molar-refractivity contribution in [2.24, 2.45) is 0 Å². The average Bonchev–Trinajstić information content (AvgIpc) is 3.07. The summed E-state index contributed by atoms with van der Waals surface area (Å²) in [5, 5.41) is 6.83. The third-order valence-electron chi connectivity index (χ3n) is 4.29. The molecule has 2 aromatic carbocycles. The maximum absolute atomic E-state index is 12.2. The standard InChI is InChI=1S/C20H20ClN3O3/c1-12-9-17(18(27-2)10-15(12)21)24-20(26)19(25)22-8-7-13-11-23-16-6-4-3-5-14(13)16/h3-6,9-11,23H,7-8H2,1-2H3,(H,22,25)(H,24,26). The number of carbonyl (C=O) groups is 2. The molecule has 0 spiro atoms. The number of aromatic nitrogens is 1. The maximum atomic E-state index is 12.2. The van der Waals surface area contributed by atoms with Crippen molar-refractivity contribution < 1.29 is 14.3 Å². The number of carbonyl (C=O) groups excluding carboxylic acids is 2. The molecule has 6 nitrogen and oxygen atoms in total. The molecule has 7 heteroatoms. The Morgan fingerprint density at radius 2 is 1.96 bits per heavy atom. The van der Waals surface area contributed by atoms with Crippen LogP contribution >= 0.6 is 11.6 Å². The number of amides is 2. The lowest BCUT2D eigenvalue weighted by Gasteiger charge is -2.12. The lowest BCUT2D eigenvalue weighted by atomic mass is 10.1. The van der Waals surface area contributed by atoms with E-state index in [2.05, 4.69) is 15.6 Å². The second kappa shape index (κ2) is 8.14. The second-order valence-electron chi connectivity index (χ2n) is 6.12. The van der Waals surface area contributed by atoms with E-state index in [1.807, 2.05) is 30.5 Å². The number of methoxy groups -OCH3 is 1. The first-order valence-electron chi connectivity index (χ1n) is 8.48. The van der Waals surface area contributed by atoms with E-state index in [0.717, 1.165) is 22.0 Å². The lowest BCUT2D eigenvalue weighted by Crippen LogP contribution is -2.36. The Balaban J connectivity index is 1.58. The Morgan fingerprint density at radius 1 is 1.19 bits per heavy atom. The van der Waals surface area contributed by atoms with Gasteiger partial charge in [0.25, 0.3) is 0 Å². The van der Waals surface area contributed by atoms with Gasteiger partial charge in [0.15, 0.2) is 0 Å². The number of anilines is 1. The molecule has 0 unspecified atom stereocenters. The molecule has 1 aromatic heterocycles. The number of hydrogen-bond acceptors (Lipinski definition) is 3. The van der Waals surface area contributed by atoms with Crippen LogP contribution in [0.15, 0.2) is 42.6 Å². The van der Waals surface area contributed by atoms with Crippen LogP contribution in [-0.4, -0.2) is 30.5 Å². The molecule has 0 saturated heterocycles. The van der Waals surface area contributed by atoms with Gasteiger partial charge in [0.1, 0.15) is 5.75 Å². The molecule has 27 heavy (non-hydrogen) atoms. The number of ether oxygens (including phenoxy) is 1. The first-order valence-corrected chi connectivity index (χ1v) is 8.85. The molecule has 140 valence electrons. The molecule has 0 bridgehead atoms. The number of fused-ring (bicyclic) bond motifs is 1. The van der Waals surface area contributed by atoms with E-state index >= 15 is 0 Å². The van der Waals surface area contributed by atoms with Gasteiger partial charge in [-0.15, -0.1) is 0 Å². The fraction of sp³-hybridized carbons (Fsp3) is 0.200. The summed E-state index contributed by atoms with van der Waals surface area (Å²) in [6.45, 7) is 2.16. The van der Waals surface area contributed by atoms with Gasteiger partial charge in [-0.1, -0.05) is 29.8 Å². The molecule has 3 N–H and O–H groups in total. The summed E-state index contributed by atoms with van der Waals surface area (Å²) >= 11 is 6.05. The number of para-hydroxylation sites is 1. The smallest absolute Gasteiger partial charge is 0.313 e. The van der Waals surface area contributed by atoms with E-state index in [1.54, 1.807) is 19.1 Å². The maximum Gasteiger partial charge on any atom is 0.313 e. The zero-order valence-corrected chi connectivity index (χ0v) is 15.8. The Morgan fingerprint density at radius 3 is 2.74 bits per heavy atom. The van der Waals surface area contributed by atoms with Crippen LogP contribution in [0, 0.1) is 6.92 Å². The molecule has 0 saturated carbocycles. The minimum absolute atomic E-state index is 0.352. The number of aromatic amines is 1. The van der Waals surface area contributed by atoms with Gasteiger partial charge in [0, 0.05) is 34.7 Å². The van der Waals surface area contributed by atoms with Crippen molar-refractivity contribution in [3.05, 3.63) is 58.7 Å². The molecule has 1 heterocycles. The Bertz CT molecular complexity index is 997. The molecule has 3 aromatic rings. The Kier molecular flexibility index (Phi) is 5.66. The minimum Gasteiger partial charge on any atom is -0.495 e. The first-order chi connectivity index (χ1) is 13.0. The molecule has 0 aliphatic carbocycles. The zero-order valence-electron chi connectivity index (χ0n) is 15.1. The number of benzene rings is 2. The Hall–Kier alpha value is -2.99. The average molecular weight is 386 g/mol. The predicted molar refractivity (Wildman–Crippen MR) is 106 cm³/mol. The monoisotopic (exact) mass is 385 g/mol. The van der Waals surface area contributed by atoms with Crippen LogP contribution in [0.5, 0.6) is 5.75 Å². The summed E-state index contributed by atoms with van der Waals surface area (Å²) in [5.41, 5.74) is 3.30. The van der Waals surface area contributed by atoms with Crippen LogP contribution in [0.1, 0.15) is 11.1 Å². The summed E-state index contributed by atoms with van der Waals surface area (Å²) in [7, 11) is 1.47. The van der Waals surface area contributed by atoms with Gasteiger partial charge in [-0.2, -0.15) is 0 Å². The highest BCUT2D eigenvalue weighted by Crippen LogP contribution is 2.30. The highest BCUT2D eigenvalue weighted by atomic mass is 35.5. The van der Waals surface area contributed by atoms with Gasteiger partial charge in [0.05, 0.1) is 12.8 Å². The SMILES string of the molecule is COc1cc(Cl)c(C)cc1NC(=O)C(=O)NCCc1c[nH]c2ccccc12. The number of rotatable bonds is 5. The van der Waals surface area contributed by atoms with Crippen LogP contribution in [0.3, 0.4) is 0 Å². The topological polar surface area (TPSA) is 83.2 Å². The van der Waals surface area contributed by atoms with E-state index in [1.165, 1.54) is 7.11 Å². The molecule has 0 radical (unpaired) electrons. The van der Waals surface area contributed by atoms with Crippen LogP contribution in [-0.2, 0) is 16.0 Å². The Labute approximate surface area is 161 Å². The van der Waals surface area contributed by atoms with Crippen molar-refractivity contribution >= 4 is 40.0 Å². The molecule has 3 rings (SSSR count). The van der Waals surface area contributed by atoms with Gasteiger partial charge in [-0.3, -0.25) is 9.59 Å². The molecule has 0 aliphatic heterocycles. The predicted octanol–water partition coefficient (Wildman–Crippen LogP) is 3.44. The van der Waals surface area contributed by atoms with Crippen LogP contribution < -0.4 is 15.4 Å². The summed E-state index contributed by atoms with van der Waals surface area (Å²) in [6, 6.07) is 11.2. The van der Waals surface area contributed by atoms with Crippen molar-refractivity contribution in [3.63, 3.8) is 0 Å². The molecule has 0 atom stereocenters. The fourth-order valence-corrected chi connectivity index (χ4v) is 2.99. The number of halogens is 1. The highest BCUT2D eigenvalue weighted by molar-refractivity contribution is 6.40. The van der Waals surface area contributed by atoms with Crippen molar-refractivity contribution in [1.29, 1.82) is 0 Å². The number of aryl methyl sites for hydroxylation is 1. The fourth-order valence-electron chi connectivity index (χ4n) is 2.84. The van der Waals surface area contributed by atoms with E-state index in [0.29, 0.717) is 29.4 Å². The first kappa shape index (κ1) is 18.8. The molecule has 2 amide bonds. The van der Waals surface area contributed by atoms with Crippen LogP contribution in [0.25, 0.3) is 10.9 Å². The van der Waals surface area contributed by atoms with Crippen molar-refractivity contribution in [2.75, 3.05) is 19.0 Å². The van der Waals surface area contributed by atoms with E-state index in [-0.39, 0.29) is 0 Å². The third kappa shape index (κ3) is 4.23. The van der Waals surface area contributed by atoms with Crippen molar-refractivity contribution in [3.8, 4) is 5.75 Å². The van der Waals surface area contributed by atoms with Gasteiger partial charge >= 0.3 is 11.8 Å². The molecular weight excluding hydrogens is 366 g/mol. The van der Waals surface area contributed by atoms with Gasteiger partial charge < -0.3 is 20.4 Å². The normalized spacial score (nSPS) is 10.6. The minimum atomic E-state index is -0.756. The van der Waals surface area contributed by atoms with Crippen molar-refractivity contribution in [1.82, 2.24) is 10.3 Å². The van der Waals surface area contributed by atoms with E-state index in [4.69, 9.17) is 16.3 Å². The summed E-state index contributed by atoms with van der Waals surface area (Å²) < 4.78 is 5.20. The zero-order chi connectivity index (χ0) is 19.4. The molecule has 0 aliphatic rings. The van der Waals surface area contributed by atoms with Gasteiger partial charge in [-0.25, -0.2) is 0 Å². The quantitative estimate of drug-likeness (QED) is 0.588. The summed E-state index contributed by atoms with van der Waals surface area (Å²) in [6.07, 6.45) is 2.53. The van der Waals surface area contributed by atoms with Gasteiger partial charge in [0.2, 0.25) is 0 Å². The summed E-state index contributed by atoms with van der Waals surface area (Å²) in [4.78, 5) is 27.4. The van der Waals surface area contributed by atoms with Crippen LogP contribution in [0.4, 0.5) is 5.69 Å². The van der Waals surface area contributed by atoms with E-state index in [9.17, 15) is 9.59 Å².